The van der Waals surface area contributed by atoms with E-state index in [4.69, 9.17) is 4.74 Å². The molecule has 0 saturated carbocycles. The van der Waals surface area contributed by atoms with Crippen LogP contribution in [0.25, 0.3) is 0 Å². The van der Waals surface area contributed by atoms with Gasteiger partial charge in [0.25, 0.3) is 0 Å². The minimum atomic E-state index is -2.97. The molecule has 2 N–H and O–H groups in total. The zero-order chi connectivity index (χ0) is 17.8. The van der Waals surface area contributed by atoms with E-state index in [-0.39, 0.29) is 12.4 Å². The highest BCUT2D eigenvalue weighted by atomic mass is 32.2. The number of guanidine groups is 1. The van der Waals surface area contributed by atoms with Crippen LogP contribution >= 0.6 is 11.3 Å². The van der Waals surface area contributed by atoms with Crippen LogP contribution in [0.5, 0.6) is 0 Å². The van der Waals surface area contributed by atoms with Gasteiger partial charge in [0.1, 0.15) is 9.84 Å². The highest BCUT2D eigenvalue weighted by molar-refractivity contribution is 7.90. The molecule has 0 aromatic carbocycles. The van der Waals surface area contributed by atoms with Gasteiger partial charge < -0.3 is 15.4 Å². The number of aliphatic imine (C=N–C) groups is 1. The fourth-order valence-corrected chi connectivity index (χ4v) is 3.07. The third kappa shape index (κ3) is 9.84. The molecule has 1 rings (SSSR count). The Hall–Kier alpha value is -1.19. The molecular formula is C15H28N4O3S2. The topological polar surface area (TPSA) is 92.7 Å². The van der Waals surface area contributed by atoms with Crippen LogP contribution in [0.4, 0.5) is 0 Å². The monoisotopic (exact) mass is 376 g/mol. The van der Waals surface area contributed by atoms with Gasteiger partial charge in [0.15, 0.2) is 5.96 Å². The number of hydrogen-bond acceptors (Lipinski definition) is 6. The lowest BCUT2D eigenvalue weighted by atomic mass is 10.4. The molecule has 0 atom stereocenters. The quantitative estimate of drug-likeness (QED) is 0.338. The minimum absolute atomic E-state index is 0.0442. The Balaban J connectivity index is 2.26. The fourth-order valence-electron chi connectivity index (χ4n) is 1.79. The average molecular weight is 377 g/mol. The molecule has 1 aromatic heterocycles. The van der Waals surface area contributed by atoms with Crippen molar-refractivity contribution in [2.45, 2.75) is 26.7 Å². The highest BCUT2D eigenvalue weighted by Gasteiger charge is 2.03. The van der Waals surface area contributed by atoms with Crippen molar-refractivity contribution < 1.29 is 13.2 Å². The zero-order valence-corrected chi connectivity index (χ0v) is 16.3. The van der Waals surface area contributed by atoms with E-state index in [0.717, 1.165) is 36.9 Å². The number of rotatable bonds is 11. The standard InChI is InChI=1S/C15H28N4O3S2/c1-4-13-12-19-14(23-13)6-7-17-15(16-5-2)18-8-9-22-10-11-24(3,20)21/h12H,4-11H2,1-3H3,(H2,16,17,18). The predicted molar refractivity (Wildman–Crippen MR) is 99.7 cm³/mol. The number of aryl methyl sites for hydroxylation is 1. The van der Waals surface area contributed by atoms with Crippen LogP contribution in [0.2, 0.25) is 0 Å². The summed E-state index contributed by atoms with van der Waals surface area (Å²) in [4.78, 5) is 10.1. The zero-order valence-electron chi connectivity index (χ0n) is 14.7. The van der Waals surface area contributed by atoms with E-state index in [2.05, 4.69) is 27.5 Å². The van der Waals surface area contributed by atoms with Crippen molar-refractivity contribution in [1.29, 1.82) is 0 Å². The first-order valence-corrected chi connectivity index (χ1v) is 11.0. The van der Waals surface area contributed by atoms with E-state index in [9.17, 15) is 8.42 Å². The normalized spacial score (nSPS) is 12.4. The van der Waals surface area contributed by atoms with Crippen LogP contribution in [-0.2, 0) is 27.4 Å². The molecule has 0 saturated heterocycles. The Bertz CT molecular complexity index is 600. The number of nitrogens with zero attached hydrogens (tertiary/aromatic N) is 2. The molecule has 0 amide bonds. The summed E-state index contributed by atoms with van der Waals surface area (Å²) in [5.41, 5.74) is 0. The van der Waals surface area contributed by atoms with Crippen molar-refractivity contribution in [2.24, 2.45) is 4.99 Å². The summed E-state index contributed by atoms with van der Waals surface area (Å²) >= 11 is 1.75. The molecule has 0 aliphatic carbocycles. The van der Waals surface area contributed by atoms with E-state index < -0.39 is 9.84 Å². The molecule has 9 heteroatoms. The first kappa shape index (κ1) is 20.9. The van der Waals surface area contributed by atoms with Gasteiger partial charge in [0.05, 0.1) is 30.5 Å². The van der Waals surface area contributed by atoms with E-state index in [1.807, 2.05) is 13.1 Å². The van der Waals surface area contributed by atoms with E-state index in [0.29, 0.717) is 13.2 Å². The van der Waals surface area contributed by atoms with E-state index >= 15 is 0 Å². The average Bonchev–Trinajstić information content (AvgIpc) is 2.97. The first-order valence-electron chi connectivity index (χ1n) is 8.15. The molecule has 0 bridgehead atoms. The van der Waals surface area contributed by atoms with Gasteiger partial charge in [-0.15, -0.1) is 11.3 Å². The summed E-state index contributed by atoms with van der Waals surface area (Å²) in [5, 5.41) is 7.56. The molecule has 0 spiro atoms. The maximum absolute atomic E-state index is 11.0. The van der Waals surface area contributed by atoms with Crippen LogP contribution in [0.1, 0.15) is 23.7 Å². The highest BCUT2D eigenvalue weighted by Crippen LogP contribution is 2.13. The van der Waals surface area contributed by atoms with Crippen molar-refractivity contribution in [3.8, 4) is 0 Å². The molecule has 0 fully saturated rings. The van der Waals surface area contributed by atoms with E-state index in [1.54, 1.807) is 11.3 Å². The lowest BCUT2D eigenvalue weighted by Gasteiger charge is -2.10. The van der Waals surface area contributed by atoms with Crippen LogP contribution in [0.3, 0.4) is 0 Å². The van der Waals surface area contributed by atoms with Gasteiger partial charge >= 0.3 is 0 Å². The predicted octanol–water partition coefficient (Wildman–Crippen LogP) is 0.864. The van der Waals surface area contributed by atoms with Gasteiger partial charge in [-0.25, -0.2) is 13.4 Å². The molecule has 0 radical (unpaired) electrons. The maximum atomic E-state index is 11.0. The lowest BCUT2D eigenvalue weighted by molar-refractivity contribution is 0.157. The lowest BCUT2D eigenvalue weighted by Crippen LogP contribution is -2.38. The molecular weight excluding hydrogens is 348 g/mol. The largest absolute Gasteiger partial charge is 0.378 e. The van der Waals surface area contributed by atoms with Gasteiger partial charge in [-0.05, 0) is 13.3 Å². The van der Waals surface area contributed by atoms with Crippen LogP contribution in [-0.4, -0.2) is 64.2 Å². The van der Waals surface area contributed by atoms with Gasteiger partial charge in [-0.2, -0.15) is 0 Å². The summed E-state index contributed by atoms with van der Waals surface area (Å²) in [5.74, 6) is 0.777. The van der Waals surface area contributed by atoms with Crippen molar-refractivity contribution in [1.82, 2.24) is 15.6 Å². The summed E-state index contributed by atoms with van der Waals surface area (Å²) in [6, 6.07) is 0. The van der Waals surface area contributed by atoms with Gasteiger partial charge in [0.2, 0.25) is 0 Å². The van der Waals surface area contributed by atoms with Crippen LogP contribution < -0.4 is 10.6 Å². The Labute approximate surface area is 148 Å². The molecule has 1 heterocycles. The molecule has 1 aromatic rings. The SMILES string of the molecule is CCNC(=NCCOCCS(C)(=O)=O)NCCc1ncc(CC)s1. The van der Waals surface area contributed by atoms with E-state index in [1.165, 1.54) is 11.1 Å². The van der Waals surface area contributed by atoms with Crippen LogP contribution in [0.15, 0.2) is 11.2 Å². The number of thiazole rings is 1. The molecule has 24 heavy (non-hydrogen) atoms. The summed E-state index contributed by atoms with van der Waals surface area (Å²) in [6.07, 6.45) is 5.02. The maximum Gasteiger partial charge on any atom is 0.191 e. The number of sulfone groups is 1. The molecule has 0 aliphatic heterocycles. The number of nitrogens with one attached hydrogen (secondary N) is 2. The fraction of sp³-hybridized carbons (Fsp3) is 0.733. The summed E-state index contributed by atoms with van der Waals surface area (Å²) in [6.45, 7) is 6.77. The third-order valence-corrected chi connectivity index (χ3v) is 5.14. The van der Waals surface area contributed by atoms with Crippen molar-refractivity contribution in [2.75, 3.05) is 44.9 Å². The number of ether oxygens (including phenoxy) is 1. The Morgan fingerprint density at radius 2 is 2.12 bits per heavy atom. The number of hydrogen-bond donors (Lipinski definition) is 2. The molecule has 7 nitrogen and oxygen atoms in total. The summed E-state index contributed by atoms with van der Waals surface area (Å²) < 4.78 is 27.2. The second-order valence-corrected chi connectivity index (χ2v) is 8.71. The smallest absolute Gasteiger partial charge is 0.191 e. The summed E-state index contributed by atoms with van der Waals surface area (Å²) in [7, 11) is -2.97. The van der Waals surface area contributed by atoms with Gasteiger partial charge in [0, 0.05) is 36.8 Å². The molecule has 0 unspecified atom stereocenters. The first-order chi connectivity index (χ1) is 11.4. The van der Waals surface area contributed by atoms with Gasteiger partial charge in [-0.3, -0.25) is 4.99 Å². The molecule has 138 valence electrons. The second kappa shape index (κ2) is 11.4. The Morgan fingerprint density at radius 3 is 2.75 bits per heavy atom. The Kier molecular flexibility index (Phi) is 9.89. The van der Waals surface area contributed by atoms with Crippen molar-refractivity contribution in [3.05, 3.63) is 16.1 Å². The molecule has 0 aliphatic rings. The van der Waals surface area contributed by atoms with Crippen molar-refractivity contribution >= 4 is 27.1 Å². The second-order valence-electron chi connectivity index (χ2n) is 5.25. The van der Waals surface area contributed by atoms with Gasteiger partial charge in [-0.1, -0.05) is 6.92 Å². The third-order valence-electron chi connectivity index (χ3n) is 3.03. The number of aromatic nitrogens is 1. The van der Waals surface area contributed by atoms with Crippen molar-refractivity contribution in [3.63, 3.8) is 0 Å². The minimum Gasteiger partial charge on any atom is -0.378 e. The Morgan fingerprint density at radius 1 is 1.33 bits per heavy atom. The van der Waals surface area contributed by atoms with Crippen LogP contribution in [0, 0.1) is 0 Å².